The van der Waals surface area contributed by atoms with Gasteiger partial charge in [0, 0.05) is 32.2 Å². The van der Waals surface area contributed by atoms with Gasteiger partial charge in [0.2, 0.25) is 0 Å². The normalized spacial score (nSPS) is 20.0. The fourth-order valence-corrected chi connectivity index (χ4v) is 3.99. The summed E-state index contributed by atoms with van der Waals surface area (Å²) in [5, 5.41) is 6.87. The van der Waals surface area contributed by atoms with Gasteiger partial charge in [0.15, 0.2) is 17.5 Å². The lowest BCUT2D eigenvalue weighted by Gasteiger charge is -2.15. The van der Waals surface area contributed by atoms with Crippen LogP contribution in [-0.2, 0) is 6.42 Å². The van der Waals surface area contributed by atoms with E-state index in [1.807, 2.05) is 13.0 Å². The van der Waals surface area contributed by atoms with Crippen molar-refractivity contribution in [3.8, 4) is 11.5 Å². The van der Waals surface area contributed by atoms with Crippen molar-refractivity contribution in [1.29, 1.82) is 0 Å². The van der Waals surface area contributed by atoms with Crippen LogP contribution in [0.1, 0.15) is 45.1 Å². The topological polar surface area (TPSA) is 58.1 Å². The van der Waals surface area contributed by atoms with Crippen LogP contribution in [0.15, 0.2) is 23.2 Å². The number of methoxy groups -OCH3 is 1. The van der Waals surface area contributed by atoms with E-state index in [2.05, 4.69) is 34.6 Å². The maximum absolute atomic E-state index is 5.68. The highest BCUT2D eigenvalue weighted by Crippen LogP contribution is 2.31. The molecule has 29 heavy (non-hydrogen) atoms. The third-order valence-corrected chi connectivity index (χ3v) is 5.69. The molecule has 1 saturated carbocycles. The fraction of sp³-hybridized carbons (Fsp3) is 0.696. The number of hydrogen-bond acceptors (Lipinski definition) is 4. The number of likely N-dealkylation sites (tertiary alicyclic amines) is 1. The third kappa shape index (κ3) is 6.81. The zero-order valence-corrected chi connectivity index (χ0v) is 18.4. The van der Waals surface area contributed by atoms with Crippen LogP contribution < -0.4 is 20.1 Å². The summed E-state index contributed by atoms with van der Waals surface area (Å²) in [5.74, 6) is 3.28. The van der Waals surface area contributed by atoms with Gasteiger partial charge in [0.05, 0.1) is 13.7 Å². The lowest BCUT2D eigenvalue weighted by atomic mass is 10.1. The molecule has 1 aliphatic heterocycles. The minimum atomic E-state index is 0.642. The number of nitrogens with one attached hydrogen (secondary N) is 2. The van der Waals surface area contributed by atoms with Crippen molar-refractivity contribution in [1.82, 2.24) is 15.5 Å². The highest BCUT2D eigenvalue weighted by molar-refractivity contribution is 5.79. The highest BCUT2D eigenvalue weighted by Gasteiger charge is 2.34. The van der Waals surface area contributed by atoms with Crippen molar-refractivity contribution in [2.24, 2.45) is 10.9 Å². The van der Waals surface area contributed by atoms with E-state index in [0.29, 0.717) is 12.5 Å². The van der Waals surface area contributed by atoms with Crippen molar-refractivity contribution >= 4 is 5.96 Å². The summed E-state index contributed by atoms with van der Waals surface area (Å²) in [7, 11) is 1.68. The Morgan fingerprint density at radius 3 is 2.76 bits per heavy atom. The predicted octanol–water partition coefficient (Wildman–Crippen LogP) is 3.07. The van der Waals surface area contributed by atoms with Gasteiger partial charge in [-0.15, -0.1) is 0 Å². The van der Waals surface area contributed by atoms with E-state index in [0.717, 1.165) is 56.0 Å². The number of aryl methyl sites for hydroxylation is 1. The molecule has 1 aromatic rings. The molecule has 3 rings (SSSR count). The Kier molecular flexibility index (Phi) is 8.47. The molecule has 1 atom stereocenters. The van der Waals surface area contributed by atoms with Gasteiger partial charge >= 0.3 is 0 Å². The summed E-state index contributed by atoms with van der Waals surface area (Å²) in [6, 6.07) is 7.09. The summed E-state index contributed by atoms with van der Waals surface area (Å²) in [5.41, 5.74) is 1.27. The van der Waals surface area contributed by atoms with Crippen LogP contribution in [0.3, 0.4) is 0 Å². The summed E-state index contributed by atoms with van der Waals surface area (Å²) < 4.78 is 11.0. The maximum atomic E-state index is 5.68. The minimum Gasteiger partial charge on any atom is -0.493 e. The zero-order chi connectivity index (χ0) is 20.5. The van der Waals surface area contributed by atoms with Gasteiger partial charge in [-0.3, -0.25) is 4.99 Å². The SMILES string of the molecule is CCNC(=NCC1CCN(C2CC2)C1)NCCCc1ccc(OC)c(OCC)c1. The fourth-order valence-electron chi connectivity index (χ4n) is 3.99. The van der Waals surface area contributed by atoms with Gasteiger partial charge in [-0.1, -0.05) is 6.07 Å². The Hall–Kier alpha value is -1.95. The maximum Gasteiger partial charge on any atom is 0.191 e. The first-order valence-electron chi connectivity index (χ1n) is 11.3. The second-order valence-electron chi connectivity index (χ2n) is 8.05. The molecule has 1 unspecified atom stereocenters. The first kappa shape index (κ1) is 21.8. The molecular formula is C23H38N4O2. The monoisotopic (exact) mass is 402 g/mol. The highest BCUT2D eigenvalue weighted by atomic mass is 16.5. The van der Waals surface area contributed by atoms with Gasteiger partial charge in [-0.05, 0) is 76.1 Å². The van der Waals surface area contributed by atoms with Crippen LogP contribution in [0, 0.1) is 5.92 Å². The van der Waals surface area contributed by atoms with E-state index in [9.17, 15) is 0 Å². The molecule has 0 spiro atoms. The number of nitrogens with zero attached hydrogens (tertiary/aromatic N) is 2. The molecular weight excluding hydrogens is 364 g/mol. The summed E-state index contributed by atoms with van der Waals surface area (Å²) >= 11 is 0. The van der Waals surface area contributed by atoms with Crippen LogP contribution in [0.25, 0.3) is 0 Å². The van der Waals surface area contributed by atoms with Crippen molar-refractivity contribution in [3.05, 3.63) is 23.8 Å². The molecule has 0 amide bonds. The van der Waals surface area contributed by atoms with Gasteiger partial charge in [-0.25, -0.2) is 0 Å². The van der Waals surface area contributed by atoms with Crippen LogP contribution in [0.2, 0.25) is 0 Å². The molecule has 2 N–H and O–H groups in total. The minimum absolute atomic E-state index is 0.642. The van der Waals surface area contributed by atoms with Crippen LogP contribution in [0.5, 0.6) is 11.5 Å². The molecule has 0 radical (unpaired) electrons. The molecule has 2 aliphatic rings. The lowest BCUT2D eigenvalue weighted by Crippen LogP contribution is -2.38. The van der Waals surface area contributed by atoms with E-state index in [4.69, 9.17) is 14.5 Å². The molecule has 6 nitrogen and oxygen atoms in total. The zero-order valence-electron chi connectivity index (χ0n) is 18.4. The average Bonchev–Trinajstić information content (AvgIpc) is 3.48. The van der Waals surface area contributed by atoms with Crippen LogP contribution in [0.4, 0.5) is 0 Å². The third-order valence-electron chi connectivity index (χ3n) is 5.69. The van der Waals surface area contributed by atoms with Crippen molar-refractivity contribution < 1.29 is 9.47 Å². The molecule has 2 fully saturated rings. The van der Waals surface area contributed by atoms with Crippen molar-refractivity contribution in [3.63, 3.8) is 0 Å². The van der Waals surface area contributed by atoms with Crippen LogP contribution in [-0.4, -0.2) is 63.3 Å². The number of aliphatic imine (C=N–C) groups is 1. The van der Waals surface area contributed by atoms with E-state index >= 15 is 0 Å². The summed E-state index contributed by atoms with van der Waals surface area (Å²) in [6.07, 6.45) is 6.14. The standard InChI is InChI=1S/C23H38N4O2/c1-4-24-23(26-16-19-12-14-27(17-19)20-9-10-20)25-13-6-7-18-8-11-21(28-3)22(15-18)29-5-2/h8,11,15,19-20H,4-7,9-10,12-14,16-17H2,1-3H3,(H2,24,25,26). The van der Waals surface area contributed by atoms with Gasteiger partial charge in [-0.2, -0.15) is 0 Å². The van der Waals surface area contributed by atoms with Crippen molar-refractivity contribution in [2.45, 2.75) is 52.0 Å². The Bertz CT molecular complexity index is 660. The molecule has 0 bridgehead atoms. The predicted molar refractivity (Wildman–Crippen MR) is 119 cm³/mol. The number of rotatable bonds is 11. The molecule has 162 valence electrons. The van der Waals surface area contributed by atoms with Gasteiger partial charge < -0.3 is 25.0 Å². The second-order valence-corrected chi connectivity index (χ2v) is 8.05. The molecule has 1 aromatic carbocycles. The van der Waals surface area contributed by atoms with Crippen LogP contribution >= 0.6 is 0 Å². The Balaban J connectivity index is 1.41. The molecule has 1 saturated heterocycles. The second kappa shape index (κ2) is 11.3. The molecule has 1 heterocycles. The Morgan fingerprint density at radius 2 is 2.03 bits per heavy atom. The first-order chi connectivity index (χ1) is 14.2. The number of ether oxygens (including phenoxy) is 2. The number of hydrogen-bond donors (Lipinski definition) is 2. The van der Waals surface area contributed by atoms with Gasteiger partial charge in [0.1, 0.15) is 0 Å². The summed E-state index contributed by atoms with van der Waals surface area (Å²) in [4.78, 5) is 7.51. The quantitative estimate of drug-likeness (QED) is 0.338. The first-order valence-corrected chi connectivity index (χ1v) is 11.3. The average molecular weight is 403 g/mol. The molecule has 1 aliphatic carbocycles. The van der Waals surface area contributed by atoms with E-state index in [1.54, 1.807) is 7.11 Å². The van der Waals surface area contributed by atoms with Crippen molar-refractivity contribution in [2.75, 3.05) is 46.4 Å². The lowest BCUT2D eigenvalue weighted by molar-refractivity contribution is 0.310. The molecule has 6 heteroatoms. The number of guanidine groups is 1. The van der Waals surface area contributed by atoms with E-state index < -0.39 is 0 Å². The Morgan fingerprint density at radius 1 is 1.17 bits per heavy atom. The van der Waals surface area contributed by atoms with Gasteiger partial charge in [0.25, 0.3) is 0 Å². The smallest absolute Gasteiger partial charge is 0.191 e. The summed E-state index contributed by atoms with van der Waals surface area (Å²) in [6.45, 7) is 9.97. The number of benzene rings is 1. The van der Waals surface area contributed by atoms with E-state index in [-0.39, 0.29) is 0 Å². The molecule has 0 aromatic heterocycles. The largest absolute Gasteiger partial charge is 0.493 e. The Labute approximate surface area is 176 Å². The van der Waals surface area contributed by atoms with E-state index in [1.165, 1.54) is 37.9 Å².